The lowest BCUT2D eigenvalue weighted by Crippen LogP contribution is -2.45. The Labute approximate surface area is 135 Å². The van der Waals surface area contributed by atoms with E-state index in [0.717, 1.165) is 37.2 Å². The van der Waals surface area contributed by atoms with Gasteiger partial charge in [0, 0.05) is 38.6 Å². The Bertz CT molecular complexity index is 596. The SMILES string of the molecule is CN1CCc2cc(C(=O)N3CCC[C@H]3C(=O)N(C)C)sc2C1. The number of amides is 2. The molecule has 0 spiro atoms. The molecule has 0 N–H and O–H groups in total. The van der Waals surface area contributed by atoms with Gasteiger partial charge in [0.25, 0.3) is 5.91 Å². The van der Waals surface area contributed by atoms with Crippen molar-refractivity contribution in [1.29, 1.82) is 0 Å². The topological polar surface area (TPSA) is 43.9 Å². The van der Waals surface area contributed by atoms with E-state index < -0.39 is 0 Å². The van der Waals surface area contributed by atoms with Crippen LogP contribution in [0.15, 0.2) is 6.07 Å². The molecule has 0 unspecified atom stereocenters. The van der Waals surface area contributed by atoms with Crippen LogP contribution in [0.1, 0.15) is 33.0 Å². The maximum Gasteiger partial charge on any atom is 0.264 e. The summed E-state index contributed by atoms with van der Waals surface area (Å²) in [6.45, 7) is 2.65. The Morgan fingerprint density at radius 3 is 2.82 bits per heavy atom. The van der Waals surface area contributed by atoms with E-state index in [1.54, 1.807) is 35.2 Å². The third-order valence-corrected chi connectivity index (χ3v) is 5.67. The predicted molar refractivity (Wildman–Crippen MR) is 87.1 cm³/mol. The van der Waals surface area contributed by atoms with E-state index >= 15 is 0 Å². The van der Waals surface area contributed by atoms with Crippen molar-refractivity contribution in [3.8, 4) is 0 Å². The van der Waals surface area contributed by atoms with Crippen molar-refractivity contribution in [2.45, 2.75) is 31.8 Å². The van der Waals surface area contributed by atoms with Crippen molar-refractivity contribution >= 4 is 23.2 Å². The number of carbonyl (C=O) groups excluding carboxylic acids is 2. The summed E-state index contributed by atoms with van der Waals surface area (Å²) in [7, 11) is 5.61. The van der Waals surface area contributed by atoms with Gasteiger partial charge in [-0.25, -0.2) is 0 Å². The van der Waals surface area contributed by atoms with E-state index in [1.165, 1.54) is 10.4 Å². The molecular formula is C16H23N3O2S. The summed E-state index contributed by atoms with van der Waals surface area (Å²) in [4.78, 5) is 32.8. The van der Waals surface area contributed by atoms with Gasteiger partial charge in [-0.15, -0.1) is 11.3 Å². The molecule has 0 aromatic carbocycles. The predicted octanol–water partition coefficient (Wildman–Crippen LogP) is 1.43. The second kappa shape index (κ2) is 6.01. The molecule has 1 atom stereocenters. The lowest BCUT2D eigenvalue weighted by Gasteiger charge is -2.25. The molecule has 5 nitrogen and oxygen atoms in total. The van der Waals surface area contributed by atoms with Crippen LogP contribution in [0.25, 0.3) is 0 Å². The summed E-state index contributed by atoms with van der Waals surface area (Å²) in [5.41, 5.74) is 1.31. The summed E-state index contributed by atoms with van der Waals surface area (Å²) in [6, 6.07) is 1.76. The van der Waals surface area contributed by atoms with Gasteiger partial charge in [-0.3, -0.25) is 9.59 Å². The lowest BCUT2D eigenvalue weighted by atomic mass is 10.1. The normalized spacial score (nSPS) is 21.8. The molecule has 0 saturated carbocycles. The Kier molecular flexibility index (Phi) is 4.23. The zero-order valence-corrected chi connectivity index (χ0v) is 14.3. The highest BCUT2D eigenvalue weighted by Crippen LogP contribution is 2.30. The van der Waals surface area contributed by atoms with Crippen LogP contribution in [-0.4, -0.2) is 66.8 Å². The fraction of sp³-hybridized carbons (Fsp3) is 0.625. The fourth-order valence-corrected chi connectivity index (χ4v) is 4.51. The number of rotatable bonds is 2. The first kappa shape index (κ1) is 15.5. The van der Waals surface area contributed by atoms with Crippen molar-refractivity contribution < 1.29 is 9.59 Å². The molecule has 120 valence electrons. The Balaban J connectivity index is 1.80. The first-order valence-corrected chi connectivity index (χ1v) is 8.61. The van der Waals surface area contributed by atoms with E-state index in [2.05, 4.69) is 11.9 Å². The van der Waals surface area contributed by atoms with Crippen LogP contribution in [-0.2, 0) is 17.8 Å². The molecule has 1 saturated heterocycles. The molecular weight excluding hydrogens is 298 g/mol. The Morgan fingerprint density at radius 2 is 2.09 bits per heavy atom. The van der Waals surface area contributed by atoms with E-state index in [4.69, 9.17) is 0 Å². The minimum Gasteiger partial charge on any atom is -0.347 e. The number of likely N-dealkylation sites (N-methyl/N-ethyl adjacent to an activating group) is 2. The first-order chi connectivity index (χ1) is 10.5. The van der Waals surface area contributed by atoms with Crippen LogP contribution in [0.4, 0.5) is 0 Å². The zero-order chi connectivity index (χ0) is 15.9. The maximum absolute atomic E-state index is 12.8. The second-order valence-electron chi connectivity index (χ2n) is 6.44. The van der Waals surface area contributed by atoms with Crippen LogP contribution in [0.5, 0.6) is 0 Å². The Morgan fingerprint density at radius 1 is 1.32 bits per heavy atom. The van der Waals surface area contributed by atoms with Gasteiger partial charge in [0.1, 0.15) is 6.04 Å². The van der Waals surface area contributed by atoms with Gasteiger partial charge in [-0.1, -0.05) is 0 Å². The minimum atomic E-state index is -0.288. The van der Waals surface area contributed by atoms with Gasteiger partial charge in [-0.2, -0.15) is 0 Å². The van der Waals surface area contributed by atoms with Gasteiger partial charge in [0.15, 0.2) is 0 Å². The quantitative estimate of drug-likeness (QED) is 0.828. The average Bonchev–Trinajstić information content (AvgIpc) is 3.11. The molecule has 1 aromatic rings. The molecule has 1 aromatic heterocycles. The van der Waals surface area contributed by atoms with Crippen molar-refractivity contribution in [3.05, 3.63) is 21.4 Å². The zero-order valence-electron chi connectivity index (χ0n) is 13.5. The molecule has 0 aliphatic carbocycles. The maximum atomic E-state index is 12.8. The first-order valence-electron chi connectivity index (χ1n) is 7.79. The number of hydrogen-bond acceptors (Lipinski definition) is 4. The van der Waals surface area contributed by atoms with Crippen LogP contribution in [0.2, 0.25) is 0 Å². The van der Waals surface area contributed by atoms with E-state index in [0.29, 0.717) is 6.54 Å². The van der Waals surface area contributed by atoms with Crippen molar-refractivity contribution in [2.24, 2.45) is 0 Å². The number of nitrogens with zero attached hydrogens (tertiary/aromatic N) is 3. The third-order valence-electron chi connectivity index (χ3n) is 4.52. The summed E-state index contributed by atoms with van der Waals surface area (Å²) in [5.74, 6) is 0.0617. The fourth-order valence-electron chi connectivity index (χ4n) is 3.26. The van der Waals surface area contributed by atoms with Crippen molar-refractivity contribution in [1.82, 2.24) is 14.7 Å². The molecule has 2 aliphatic rings. The number of thiophene rings is 1. The highest BCUT2D eigenvalue weighted by atomic mass is 32.1. The molecule has 6 heteroatoms. The standard InChI is InChI=1S/C16H23N3O2S/c1-17(2)15(20)12-5-4-7-19(12)16(21)13-9-11-6-8-18(3)10-14(11)22-13/h9,12H,4-8,10H2,1-3H3/t12-/m0/s1. The second-order valence-corrected chi connectivity index (χ2v) is 7.57. The molecule has 1 fully saturated rings. The highest BCUT2D eigenvalue weighted by molar-refractivity contribution is 7.14. The van der Waals surface area contributed by atoms with Gasteiger partial charge < -0.3 is 14.7 Å². The van der Waals surface area contributed by atoms with Crippen molar-refractivity contribution in [2.75, 3.05) is 34.2 Å². The number of likely N-dealkylation sites (tertiary alicyclic amines) is 1. The van der Waals surface area contributed by atoms with Crippen LogP contribution < -0.4 is 0 Å². The van der Waals surface area contributed by atoms with Gasteiger partial charge in [-0.05, 0) is 37.9 Å². The smallest absolute Gasteiger partial charge is 0.264 e. The van der Waals surface area contributed by atoms with Gasteiger partial charge in [0.2, 0.25) is 5.91 Å². The molecule has 0 bridgehead atoms. The highest BCUT2D eigenvalue weighted by Gasteiger charge is 2.36. The monoisotopic (exact) mass is 321 g/mol. The summed E-state index contributed by atoms with van der Waals surface area (Å²) < 4.78 is 0. The Hall–Kier alpha value is -1.40. The molecule has 3 rings (SSSR count). The van der Waals surface area contributed by atoms with Crippen LogP contribution in [0, 0.1) is 0 Å². The lowest BCUT2D eigenvalue weighted by molar-refractivity contribution is -0.132. The number of carbonyl (C=O) groups is 2. The van der Waals surface area contributed by atoms with E-state index in [-0.39, 0.29) is 17.9 Å². The minimum absolute atomic E-state index is 0.0275. The van der Waals surface area contributed by atoms with E-state index in [9.17, 15) is 9.59 Å². The largest absolute Gasteiger partial charge is 0.347 e. The molecule has 2 aliphatic heterocycles. The molecule has 22 heavy (non-hydrogen) atoms. The number of hydrogen-bond donors (Lipinski definition) is 0. The summed E-state index contributed by atoms with van der Waals surface area (Å²) >= 11 is 1.60. The number of fused-ring (bicyclic) bond motifs is 1. The molecule has 2 amide bonds. The van der Waals surface area contributed by atoms with Gasteiger partial charge in [0.05, 0.1) is 4.88 Å². The summed E-state index contributed by atoms with van der Waals surface area (Å²) in [6.07, 6.45) is 2.69. The summed E-state index contributed by atoms with van der Waals surface area (Å²) in [5, 5.41) is 0. The van der Waals surface area contributed by atoms with Crippen molar-refractivity contribution in [3.63, 3.8) is 0 Å². The van der Waals surface area contributed by atoms with Crippen LogP contribution in [0.3, 0.4) is 0 Å². The molecule has 0 radical (unpaired) electrons. The van der Waals surface area contributed by atoms with Crippen LogP contribution >= 0.6 is 11.3 Å². The molecule has 3 heterocycles. The third kappa shape index (κ3) is 2.77. The van der Waals surface area contributed by atoms with E-state index in [1.807, 2.05) is 6.07 Å². The van der Waals surface area contributed by atoms with Gasteiger partial charge >= 0.3 is 0 Å². The average molecular weight is 321 g/mol.